The summed E-state index contributed by atoms with van der Waals surface area (Å²) in [6.07, 6.45) is -0.493. The van der Waals surface area contributed by atoms with Gasteiger partial charge in [-0.15, -0.1) is 0 Å². The Morgan fingerprint density at radius 2 is 1.90 bits per heavy atom. The predicted octanol–water partition coefficient (Wildman–Crippen LogP) is 1.99. The predicted molar refractivity (Wildman–Crippen MR) is 107 cm³/mol. The lowest BCUT2D eigenvalue weighted by Gasteiger charge is -2.26. The molecule has 0 unspecified atom stereocenters. The summed E-state index contributed by atoms with van der Waals surface area (Å²) in [5, 5.41) is 5.09. The van der Waals surface area contributed by atoms with Crippen molar-refractivity contribution in [2.75, 3.05) is 23.4 Å². The zero-order chi connectivity index (χ0) is 21.8. The van der Waals surface area contributed by atoms with Gasteiger partial charge in [0, 0.05) is 13.3 Å². The van der Waals surface area contributed by atoms with Gasteiger partial charge in [0.1, 0.15) is 18.2 Å². The van der Waals surface area contributed by atoms with E-state index in [1.54, 1.807) is 45.9 Å². The number of carbonyl (C=O) groups is 4. The Morgan fingerprint density at radius 1 is 1.21 bits per heavy atom. The van der Waals surface area contributed by atoms with E-state index >= 15 is 0 Å². The number of nitrogens with zero attached hydrogens (tertiary/aromatic N) is 1. The summed E-state index contributed by atoms with van der Waals surface area (Å²) in [6, 6.07) is 4.28. The van der Waals surface area contributed by atoms with Crippen LogP contribution in [0.3, 0.4) is 0 Å². The van der Waals surface area contributed by atoms with Crippen LogP contribution in [0.1, 0.15) is 40.2 Å². The molecule has 0 aromatic heterocycles. The van der Waals surface area contributed by atoms with E-state index in [1.807, 2.05) is 0 Å². The molecule has 0 fully saturated rings. The van der Waals surface area contributed by atoms with Gasteiger partial charge in [0.15, 0.2) is 0 Å². The number of hydrogen-bond donors (Lipinski definition) is 2. The van der Waals surface area contributed by atoms with Gasteiger partial charge in [0.05, 0.1) is 18.0 Å². The standard InChI is InChI=1S/C20H27N3O6/c1-6-28-18(26)15-10-13-8-7-9-14(22-12(2)24)17(13)23(15)16(25)11-21-19(27)29-20(3,4)5/h7-9,15H,6,10-11H2,1-5H3,(H,21,27)(H,22,24)/t15-/m0/s1. The van der Waals surface area contributed by atoms with Crippen LogP contribution in [0.4, 0.5) is 16.2 Å². The Labute approximate surface area is 169 Å². The first kappa shape index (κ1) is 22.2. The highest BCUT2D eigenvalue weighted by Gasteiger charge is 2.41. The number of alkyl carbamates (subject to hydrolysis) is 1. The zero-order valence-corrected chi connectivity index (χ0v) is 17.3. The van der Waals surface area contributed by atoms with E-state index in [2.05, 4.69) is 10.6 Å². The molecule has 0 spiro atoms. The number of rotatable bonds is 5. The van der Waals surface area contributed by atoms with E-state index in [9.17, 15) is 19.2 Å². The average molecular weight is 405 g/mol. The highest BCUT2D eigenvalue weighted by Crippen LogP contribution is 2.39. The molecule has 9 nitrogen and oxygen atoms in total. The minimum atomic E-state index is -0.882. The third kappa shape index (κ3) is 5.69. The summed E-state index contributed by atoms with van der Waals surface area (Å²) in [5.41, 5.74) is 0.850. The van der Waals surface area contributed by atoms with Crippen molar-refractivity contribution in [3.05, 3.63) is 23.8 Å². The van der Waals surface area contributed by atoms with Crippen molar-refractivity contribution in [1.82, 2.24) is 5.32 Å². The molecule has 0 radical (unpaired) electrons. The maximum Gasteiger partial charge on any atom is 0.408 e. The third-order valence-electron chi connectivity index (χ3n) is 4.01. The molecule has 2 rings (SSSR count). The Balaban J connectivity index is 2.29. The van der Waals surface area contributed by atoms with Gasteiger partial charge in [-0.25, -0.2) is 9.59 Å². The molecule has 1 aliphatic heterocycles. The zero-order valence-electron chi connectivity index (χ0n) is 17.3. The summed E-state index contributed by atoms with van der Waals surface area (Å²) < 4.78 is 10.3. The molecule has 3 amide bonds. The van der Waals surface area contributed by atoms with E-state index in [4.69, 9.17) is 9.47 Å². The number of ether oxygens (including phenoxy) is 2. The van der Waals surface area contributed by atoms with E-state index in [0.29, 0.717) is 11.4 Å². The quantitative estimate of drug-likeness (QED) is 0.724. The molecule has 2 N–H and O–H groups in total. The molecule has 0 saturated heterocycles. The second kappa shape index (κ2) is 8.93. The first-order valence-electron chi connectivity index (χ1n) is 9.38. The monoisotopic (exact) mass is 405 g/mol. The number of hydrogen-bond acceptors (Lipinski definition) is 6. The van der Waals surface area contributed by atoms with Crippen LogP contribution < -0.4 is 15.5 Å². The fourth-order valence-corrected chi connectivity index (χ4v) is 3.06. The molecular weight excluding hydrogens is 378 g/mol. The summed E-state index contributed by atoms with van der Waals surface area (Å²) >= 11 is 0. The molecule has 1 atom stereocenters. The molecule has 1 aromatic rings. The number of carbonyl (C=O) groups excluding carboxylic acids is 4. The number of esters is 1. The second-order valence-corrected chi connectivity index (χ2v) is 7.59. The highest BCUT2D eigenvalue weighted by atomic mass is 16.6. The number of benzene rings is 1. The van der Waals surface area contributed by atoms with Gasteiger partial charge >= 0.3 is 12.1 Å². The lowest BCUT2D eigenvalue weighted by atomic mass is 10.1. The lowest BCUT2D eigenvalue weighted by Crippen LogP contribution is -2.48. The summed E-state index contributed by atoms with van der Waals surface area (Å²) in [7, 11) is 0. The van der Waals surface area contributed by atoms with Crippen molar-refractivity contribution in [2.24, 2.45) is 0 Å². The molecular formula is C20H27N3O6. The smallest absolute Gasteiger partial charge is 0.408 e. The fourth-order valence-electron chi connectivity index (χ4n) is 3.06. The van der Waals surface area contributed by atoms with Gasteiger partial charge in [-0.05, 0) is 39.3 Å². The molecule has 29 heavy (non-hydrogen) atoms. The largest absolute Gasteiger partial charge is 0.464 e. The van der Waals surface area contributed by atoms with Crippen LogP contribution in [0.2, 0.25) is 0 Å². The number of para-hydroxylation sites is 1. The lowest BCUT2D eigenvalue weighted by molar-refractivity contribution is -0.145. The van der Waals surface area contributed by atoms with Crippen molar-refractivity contribution in [2.45, 2.75) is 52.7 Å². The maximum atomic E-state index is 13.0. The Hall–Kier alpha value is -3.10. The topological polar surface area (TPSA) is 114 Å². The molecule has 1 heterocycles. The van der Waals surface area contributed by atoms with Gasteiger partial charge in [0.2, 0.25) is 11.8 Å². The molecule has 0 bridgehead atoms. The van der Waals surface area contributed by atoms with Gasteiger partial charge in [-0.1, -0.05) is 12.1 Å². The van der Waals surface area contributed by atoms with Crippen molar-refractivity contribution < 1.29 is 28.7 Å². The van der Waals surface area contributed by atoms with Crippen LogP contribution >= 0.6 is 0 Å². The van der Waals surface area contributed by atoms with Crippen molar-refractivity contribution in [3.63, 3.8) is 0 Å². The van der Waals surface area contributed by atoms with Crippen LogP contribution in [-0.4, -0.2) is 48.7 Å². The summed E-state index contributed by atoms with van der Waals surface area (Å²) in [4.78, 5) is 50.2. The number of anilines is 2. The molecule has 158 valence electrons. The van der Waals surface area contributed by atoms with Crippen molar-refractivity contribution in [1.29, 1.82) is 0 Å². The SMILES string of the molecule is CCOC(=O)[C@@H]1Cc2cccc(NC(C)=O)c2N1C(=O)CNC(=O)OC(C)(C)C. The maximum absolute atomic E-state index is 13.0. The Morgan fingerprint density at radius 3 is 2.48 bits per heavy atom. The fraction of sp³-hybridized carbons (Fsp3) is 0.500. The van der Waals surface area contributed by atoms with E-state index in [-0.39, 0.29) is 25.5 Å². The molecule has 0 saturated carbocycles. The molecule has 0 aliphatic carbocycles. The molecule has 1 aliphatic rings. The average Bonchev–Trinajstić information content (AvgIpc) is 2.99. The normalized spacial score (nSPS) is 15.3. The van der Waals surface area contributed by atoms with Crippen LogP contribution in [-0.2, 0) is 30.3 Å². The van der Waals surface area contributed by atoms with Crippen molar-refractivity contribution >= 4 is 35.3 Å². The highest BCUT2D eigenvalue weighted by molar-refractivity contribution is 6.08. The summed E-state index contributed by atoms with van der Waals surface area (Å²) in [6.45, 7) is 7.96. The Bertz CT molecular complexity index is 815. The molecule has 9 heteroatoms. The van der Waals surface area contributed by atoms with Gasteiger partial charge < -0.3 is 20.1 Å². The van der Waals surface area contributed by atoms with Gasteiger partial charge in [-0.3, -0.25) is 14.5 Å². The van der Waals surface area contributed by atoms with E-state index in [0.717, 1.165) is 5.56 Å². The first-order valence-corrected chi connectivity index (χ1v) is 9.38. The minimum absolute atomic E-state index is 0.169. The van der Waals surface area contributed by atoms with E-state index in [1.165, 1.54) is 11.8 Å². The summed E-state index contributed by atoms with van der Waals surface area (Å²) in [5.74, 6) is -1.38. The van der Waals surface area contributed by atoms with Crippen LogP contribution in [0.25, 0.3) is 0 Å². The molecule has 1 aromatic carbocycles. The van der Waals surface area contributed by atoms with E-state index < -0.39 is 29.6 Å². The van der Waals surface area contributed by atoms with Crippen LogP contribution in [0.15, 0.2) is 18.2 Å². The number of nitrogens with one attached hydrogen (secondary N) is 2. The van der Waals surface area contributed by atoms with Crippen molar-refractivity contribution in [3.8, 4) is 0 Å². The minimum Gasteiger partial charge on any atom is -0.464 e. The second-order valence-electron chi connectivity index (χ2n) is 7.59. The van der Waals surface area contributed by atoms with Gasteiger partial charge in [0.25, 0.3) is 0 Å². The third-order valence-corrected chi connectivity index (χ3v) is 4.01. The van der Waals surface area contributed by atoms with Crippen LogP contribution in [0.5, 0.6) is 0 Å². The first-order chi connectivity index (χ1) is 13.5. The number of fused-ring (bicyclic) bond motifs is 1. The number of amides is 3. The van der Waals surface area contributed by atoms with Crippen LogP contribution in [0, 0.1) is 0 Å². The Kier molecular flexibility index (Phi) is 6.84. The van der Waals surface area contributed by atoms with Gasteiger partial charge in [-0.2, -0.15) is 0 Å².